The van der Waals surface area contributed by atoms with E-state index in [0.717, 1.165) is 0 Å². The lowest BCUT2D eigenvalue weighted by molar-refractivity contribution is -0.140. The van der Waals surface area contributed by atoms with Crippen molar-refractivity contribution in [1.82, 2.24) is 5.32 Å². The highest BCUT2D eigenvalue weighted by Crippen LogP contribution is 2.21. The Morgan fingerprint density at radius 2 is 1.65 bits per heavy atom. The number of amides is 1. The second kappa shape index (κ2) is 7.45. The number of para-hydroxylation sites is 1. The predicted molar refractivity (Wildman–Crippen MR) is 86.7 cm³/mol. The van der Waals surface area contributed by atoms with Gasteiger partial charge in [0.1, 0.15) is 17.5 Å². The molecule has 0 saturated carbocycles. The molecule has 5 nitrogen and oxygen atoms in total. The van der Waals surface area contributed by atoms with Crippen molar-refractivity contribution in [3.8, 4) is 11.5 Å². The molecule has 2 aromatic carbocycles. The number of carboxylic acids is 1. The molecule has 0 aromatic heterocycles. The molecule has 0 aliphatic heterocycles. The summed E-state index contributed by atoms with van der Waals surface area (Å²) in [6.07, 6.45) is 0. The molecule has 0 spiro atoms. The number of nitrogens with one attached hydrogen (secondary N) is 1. The first-order chi connectivity index (χ1) is 11.0. The predicted octanol–water partition coefficient (Wildman–Crippen LogP) is 3.32. The molecule has 2 N–H and O–H groups in total. The third-order valence-corrected chi connectivity index (χ3v) is 3.29. The standard InChI is InChI=1S/C18H19NO4/c1-12(2)16(18(21)22)19-17(20)13-7-6-10-15(11-13)23-14-8-4-3-5-9-14/h3-12,16H,1-2H3,(H,19,20)(H,21,22)/t16-/m0/s1. The van der Waals surface area contributed by atoms with Crippen LogP contribution in [0.2, 0.25) is 0 Å². The minimum absolute atomic E-state index is 0.208. The molecule has 2 aromatic rings. The Bertz CT molecular complexity index is 682. The zero-order chi connectivity index (χ0) is 16.8. The molecule has 1 amide bonds. The quantitative estimate of drug-likeness (QED) is 0.858. The lowest BCUT2D eigenvalue weighted by atomic mass is 10.0. The number of carbonyl (C=O) groups excluding carboxylic acids is 1. The average Bonchev–Trinajstić information content (AvgIpc) is 2.53. The highest BCUT2D eigenvalue weighted by atomic mass is 16.5. The first-order valence-electron chi connectivity index (χ1n) is 7.34. The molecule has 0 aliphatic carbocycles. The fraction of sp³-hybridized carbons (Fsp3) is 0.222. The van der Waals surface area contributed by atoms with Crippen molar-refractivity contribution in [3.63, 3.8) is 0 Å². The van der Waals surface area contributed by atoms with Crippen molar-refractivity contribution in [1.29, 1.82) is 0 Å². The van der Waals surface area contributed by atoms with Gasteiger partial charge in [0, 0.05) is 5.56 Å². The largest absolute Gasteiger partial charge is 0.480 e. The maximum Gasteiger partial charge on any atom is 0.326 e. The number of rotatable bonds is 6. The molecule has 120 valence electrons. The van der Waals surface area contributed by atoms with Gasteiger partial charge in [-0.15, -0.1) is 0 Å². The van der Waals surface area contributed by atoms with Crippen molar-refractivity contribution in [3.05, 3.63) is 60.2 Å². The molecule has 2 rings (SSSR count). The molecule has 5 heteroatoms. The first-order valence-corrected chi connectivity index (χ1v) is 7.34. The second-order valence-corrected chi connectivity index (χ2v) is 5.48. The van der Waals surface area contributed by atoms with Gasteiger partial charge < -0.3 is 15.2 Å². The summed E-state index contributed by atoms with van der Waals surface area (Å²) in [5.41, 5.74) is 0.352. The number of hydrogen-bond donors (Lipinski definition) is 2. The molecular weight excluding hydrogens is 294 g/mol. The molecule has 0 heterocycles. The molecule has 0 saturated heterocycles. The number of ether oxygens (including phenoxy) is 1. The van der Waals surface area contributed by atoms with Crippen molar-refractivity contribution in [2.24, 2.45) is 5.92 Å². The van der Waals surface area contributed by atoms with Crippen molar-refractivity contribution in [2.45, 2.75) is 19.9 Å². The molecule has 1 atom stereocenters. The van der Waals surface area contributed by atoms with Gasteiger partial charge in [-0.1, -0.05) is 38.1 Å². The van der Waals surface area contributed by atoms with E-state index in [4.69, 9.17) is 9.84 Å². The van der Waals surface area contributed by atoms with Crippen LogP contribution in [0.4, 0.5) is 0 Å². The number of hydrogen-bond acceptors (Lipinski definition) is 3. The zero-order valence-corrected chi connectivity index (χ0v) is 13.0. The molecule has 0 aliphatic rings. The van der Waals surface area contributed by atoms with Gasteiger partial charge >= 0.3 is 5.97 Å². The Labute approximate surface area is 134 Å². The van der Waals surface area contributed by atoms with E-state index in [9.17, 15) is 9.59 Å². The van der Waals surface area contributed by atoms with Gasteiger partial charge in [0.25, 0.3) is 5.91 Å². The summed E-state index contributed by atoms with van der Waals surface area (Å²) in [7, 11) is 0. The van der Waals surface area contributed by atoms with Gasteiger partial charge in [0.15, 0.2) is 0 Å². The van der Waals surface area contributed by atoms with Gasteiger partial charge in [-0.25, -0.2) is 4.79 Å². The van der Waals surface area contributed by atoms with E-state index >= 15 is 0 Å². The Kier molecular flexibility index (Phi) is 5.36. The normalized spacial score (nSPS) is 11.8. The van der Waals surface area contributed by atoms with Gasteiger partial charge in [0.2, 0.25) is 0 Å². The lowest BCUT2D eigenvalue weighted by Gasteiger charge is -2.18. The highest BCUT2D eigenvalue weighted by Gasteiger charge is 2.24. The van der Waals surface area contributed by atoms with Crippen LogP contribution in [0.3, 0.4) is 0 Å². The number of carboxylic acid groups (broad SMARTS) is 1. The fourth-order valence-electron chi connectivity index (χ4n) is 2.06. The van der Waals surface area contributed by atoms with Crippen molar-refractivity contribution < 1.29 is 19.4 Å². The molecule has 0 radical (unpaired) electrons. The van der Waals surface area contributed by atoms with Crippen LogP contribution in [0.25, 0.3) is 0 Å². The third kappa shape index (κ3) is 4.57. The van der Waals surface area contributed by atoms with Crippen LogP contribution in [-0.2, 0) is 4.79 Å². The van der Waals surface area contributed by atoms with E-state index in [1.54, 1.807) is 38.1 Å². The zero-order valence-electron chi connectivity index (χ0n) is 13.0. The summed E-state index contributed by atoms with van der Waals surface area (Å²) < 4.78 is 5.67. The SMILES string of the molecule is CC(C)[C@H](NC(=O)c1cccc(Oc2ccccc2)c1)C(=O)O. The second-order valence-electron chi connectivity index (χ2n) is 5.48. The van der Waals surface area contributed by atoms with Crippen LogP contribution in [-0.4, -0.2) is 23.0 Å². The monoisotopic (exact) mass is 313 g/mol. The summed E-state index contributed by atoms with van der Waals surface area (Å²) in [5, 5.41) is 11.7. The van der Waals surface area contributed by atoms with Gasteiger partial charge in [0.05, 0.1) is 0 Å². The molecule has 0 bridgehead atoms. The van der Waals surface area contributed by atoms with Gasteiger partial charge in [-0.2, -0.15) is 0 Å². The van der Waals surface area contributed by atoms with E-state index in [1.165, 1.54) is 0 Å². The minimum atomic E-state index is -1.05. The number of benzene rings is 2. The van der Waals surface area contributed by atoms with Crippen molar-refractivity contribution >= 4 is 11.9 Å². The summed E-state index contributed by atoms with van der Waals surface area (Å²) in [6.45, 7) is 3.49. The Morgan fingerprint density at radius 3 is 2.26 bits per heavy atom. The molecule has 0 fully saturated rings. The van der Waals surface area contributed by atoms with Crippen LogP contribution >= 0.6 is 0 Å². The van der Waals surface area contributed by atoms with E-state index in [2.05, 4.69) is 5.32 Å². The maximum atomic E-state index is 12.2. The summed E-state index contributed by atoms with van der Waals surface area (Å²) in [6, 6.07) is 14.9. The number of aliphatic carboxylic acids is 1. The van der Waals surface area contributed by atoms with E-state index < -0.39 is 17.9 Å². The average molecular weight is 313 g/mol. The first kappa shape index (κ1) is 16.5. The van der Waals surface area contributed by atoms with E-state index in [-0.39, 0.29) is 5.92 Å². The topological polar surface area (TPSA) is 75.6 Å². The van der Waals surface area contributed by atoms with Crippen LogP contribution in [0.15, 0.2) is 54.6 Å². The number of carbonyl (C=O) groups is 2. The fourth-order valence-corrected chi connectivity index (χ4v) is 2.06. The van der Waals surface area contributed by atoms with Crippen LogP contribution < -0.4 is 10.1 Å². The van der Waals surface area contributed by atoms with E-state index in [1.807, 2.05) is 30.3 Å². The molecule has 23 heavy (non-hydrogen) atoms. The van der Waals surface area contributed by atoms with Gasteiger partial charge in [-0.05, 0) is 36.2 Å². The lowest BCUT2D eigenvalue weighted by Crippen LogP contribution is -2.44. The van der Waals surface area contributed by atoms with Crippen LogP contribution in [0.1, 0.15) is 24.2 Å². The van der Waals surface area contributed by atoms with Crippen LogP contribution in [0, 0.1) is 5.92 Å². The smallest absolute Gasteiger partial charge is 0.326 e. The molecule has 0 unspecified atom stereocenters. The molecular formula is C18H19NO4. The Morgan fingerprint density at radius 1 is 1.00 bits per heavy atom. The van der Waals surface area contributed by atoms with Crippen molar-refractivity contribution in [2.75, 3.05) is 0 Å². The Hall–Kier alpha value is -2.82. The third-order valence-electron chi connectivity index (χ3n) is 3.29. The summed E-state index contributed by atoms with van der Waals surface area (Å²) >= 11 is 0. The van der Waals surface area contributed by atoms with Crippen LogP contribution in [0.5, 0.6) is 11.5 Å². The minimum Gasteiger partial charge on any atom is -0.480 e. The summed E-state index contributed by atoms with van der Waals surface area (Å²) in [4.78, 5) is 23.4. The Balaban J connectivity index is 2.12. The summed E-state index contributed by atoms with van der Waals surface area (Å²) in [5.74, 6) is -0.522. The van der Waals surface area contributed by atoms with E-state index in [0.29, 0.717) is 17.1 Å². The maximum absolute atomic E-state index is 12.2. The highest BCUT2D eigenvalue weighted by molar-refractivity contribution is 5.97. The van der Waals surface area contributed by atoms with Gasteiger partial charge in [-0.3, -0.25) is 4.79 Å².